The molecule has 0 amide bonds. The van der Waals surface area contributed by atoms with Gasteiger partial charge in [-0.25, -0.2) is 0 Å². The molecule has 1 aromatic carbocycles. The van der Waals surface area contributed by atoms with E-state index in [1.165, 1.54) is 0 Å². The maximum absolute atomic E-state index is 12.7. The molecule has 1 aliphatic heterocycles. The maximum Gasteiger partial charge on any atom is 0.416 e. The number of likely N-dealkylation sites (tertiary alicyclic amines) is 1. The Morgan fingerprint density at radius 2 is 2.07 bits per heavy atom. The molecule has 29 heavy (non-hydrogen) atoms. The minimum Gasteiger partial charge on any atom is -0.357 e. The summed E-state index contributed by atoms with van der Waals surface area (Å²) < 4.78 is 39.9. The lowest BCUT2D eigenvalue weighted by molar-refractivity contribution is -0.137. The molecule has 6 nitrogen and oxygen atoms in total. The monoisotopic (exact) mass is 408 g/mol. The number of nitrogens with zero attached hydrogens (tertiary/aromatic N) is 4. The van der Waals surface area contributed by atoms with Crippen molar-refractivity contribution in [3.63, 3.8) is 0 Å². The third-order valence-electron chi connectivity index (χ3n) is 4.80. The molecule has 1 unspecified atom stereocenters. The van der Waals surface area contributed by atoms with E-state index in [-0.39, 0.29) is 6.04 Å². The summed E-state index contributed by atoms with van der Waals surface area (Å²) >= 11 is 0. The van der Waals surface area contributed by atoms with Crippen LogP contribution >= 0.6 is 0 Å². The van der Waals surface area contributed by atoms with Crippen LogP contribution < -0.4 is 10.6 Å². The van der Waals surface area contributed by atoms with E-state index in [0.29, 0.717) is 19.6 Å². The number of aromatic nitrogens is 2. The van der Waals surface area contributed by atoms with Gasteiger partial charge < -0.3 is 10.6 Å². The van der Waals surface area contributed by atoms with Crippen LogP contribution in [-0.4, -0.2) is 52.9 Å². The molecule has 0 radical (unpaired) electrons. The van der Waals surface area contributed by atoms with Crippen LogP contribution in [0.25, 0.3) is 0 Å². The summed E-state index contributed by atoms with van der Waals surface area (Å²) in [6.45, 7) is 6.50. The second-order valence-corrected chi connectivity index (χ2v) is 7.09. The van der Waals surface area contributed by atoms with Gasteiger partial charge in [-0.15, -0.1) is 0 Å². The van der Waals surface area contributed by atoms with Crippen molar-refractivity contribution in [1.29, 1.82) is 0 Å². The first-order valence-electron chi connectivity index (χ1n) is 9.85. The Labute approximate surface area is 168 Å². The fraction of sp³-hybridized carbons (Fsp3) is 0.500. The van der Waals surface area contributed by atoms with Gasteiger partial charge in [-0.1, -0.05) is 12.1 Å². The van der Waals surface area contributed by atoms with E-state index >= 15 is 0 Å². The largest absolute Gasteiger partial charge is 0.416 e. The van der Waals surface area contributed by atoms with Gasteiger partial charge >= 0.3 is 6.18 Å². The van der Waals surface area contributed by atoms with Gasteiger partial charge in [0, 0.05) is 44.6 Å². The first-order chi connectivity index (χ1) is 13.9. The Hall–Kier alpha value is -2.55. The van der Waals surface area contributed by atoms with Crippen molar-refractivity contribution in [3.05, 3.63) is 53.9 Å². The van der Waals surface area contributed by atoms with Gasteiger partial charge in [-0.2, -0.15) is 18.3 Å². The average molecular weight is 408 g/mol. The average Bonchev–Trinajstić information content (AvgIpc) is 3.34. The van der Waals surface area contributed by atoms with Gasteiger partial charge in [0.2, 0.25) is 0 Å². The quantitative estimate of drug-likeness (QED) is 0.547. The molecule has 1 aliphatic rings. The second kappa shape index (κ2) is 9.78. The third kappa shape index (κ3) is 6.49. The normalized spacial score (nSPS) is 18.2. The Bertz CT molecular complexity index is 771. The number of rotatable bonds is 7. The van der Waals surface area contributed by atoms with Crippen LogP contribution in [0.5, 0.6) is 0 Å². The number of benzene rings is 1. The first-order valence-corrected chi connectivity index (χ1v) is 9.85. The molecule has 0 bridgehead atoms. The smallest absolute Gasteiger partial charge is 0.357 e. The molecule has 2 N–H and O–H groups in total. The van der Waals surface area contributed by atoms with Gasteiger partial charge in [0.25, 0.3) is 0 Å². The molecule has 1 atom stereocenters. The molecule has 0 spiro atoms. The molecule has 158 valence electrons. The van der Waals surface area contributed by atoms with Crippen molar-refractivity contribution in [2.24, 2.45) is 4.99 Å². The Morgan fingerprint density at radius 3 is 2.72 bits per heavy atom. The third-order valence-corrected chi connectivity index (χ3v) is 4.80. The number of halogens is 3. The van der Waals surface area contributed by atoms with Crippen LogP contribution in [0.15, 0.2) is 47.7 Å². The standard InChI is InChI=1S/C20H27F3N6/c1-2-24-19(25-10-13-29-11-3-9-26-29)27-18-8-12-28(15-18)14-16-4-6-17(7-5-16)20(21,22)23/h3-7,9,11,18H,2,8,10,12-15H2,1H3,(H2,24,25,27). The lowest BCUT2D eigenvalue weighted by atomic mass is 10.1. The van der Waals surface area contributed by atoms with Crippen LogP contribution in [0.4, 0.5) is 13.2 Å². The van der Waals surface area contributed by atoms with Crippen molar-refractivity contribution in [1.82, 2.24) is 25.3 Å². The zero-order valence-corrected chi connectivity index (χ0v) is 16.5. The van der Waals surface area contributed by atoms with Crippen molar-refractivity contribution in [2.75, 3.05) is 26.2 Å². The van der Waals surface area contributed by atoms with Crippen LogP contribution in [0.1, 0.15) is 24.5 Å². The predicted molar refractivity (Wildman–Crippen MR) is 106 cm³/mol. The summed E-state index contributed by atoms with van der Waals surface area (Å²) in [7, 11) is 0. The summed E-state index contributed by atoms with van der Waals surface area (Å²) in [6.07, 6.45) is 0.327. The minimum absolute atomic E-state index is 0.256. The minimum atomic E-state index is -4.29. The zero-order chi connectivity index (χ0) is 20.7. The zero-order valence-electron chi connectivity index (χ0n) is 16.5. The summed E-state index contributed by atoms with van der Waals surface area (Å²) in [4.78, 5) is 6.85. The fourth-order valence-corrected chi connectivity index (χ4v) is 3.36. The molecule has 1 fully saturated rings. The number of aliphatic imine (C=N–C) groups is 1. The van der Waals surface area contributed by atoms with E-state index in [1.54, 1.807) is 18.3 Å². The van der Waals surface area contributed by atoms with Crippen LogP contribution in [0.2, 0.25) is 0 Å². The molecule has 0 saturated carbocycles. The molecule has 3 rings (SSSR count). The van der Waals surface area contributed by atoms with E-state index in [9.17, 15) is 13.2 Å². The molecular weight excluding hydrogens is 381 g/mol. The van der Waals surface area contributed by atoms with Gasteiger partial charge in [-0.3, -0.25) is 14.6 Å². The Morgan fingerprint density at radius 1 is 1.28 bits per heavy atom. The molecule has 2 aromatic rings. The van der Waals surface area contributed by atoms with Crippen molar-refractivity contribution >= 4 is 5.96 Å². The van der Waals surface area contributed by atoms with Crippen molar-refractivity contribution < 1.29 is 13.2 Å². The van der Waals surface area contributed by atoms with Crippen molar-refractivity contribution in [3.8, 4) is 0 Å². The highest BCUT2D eigenvalue weighted by molar-refractivity contribution is 5.80. The lowest BCUT2D eigenvalue weighted by Crippen LogP contribution is -2.44. The van der Waals surface area contributed by atoms with Gasteiger partial charge in [0.05, 0.1) is 18.7 Å². The predicted octanol–water partition coefficient (Wildman–Crippen LogP) is 2.73. The SMILES string of the molecule is CCNC(=NCCn1cccn1)NC1CCN(Cc2ccc(C(F)(F)F)cc2)C1. The summed E-state index contributed by atoms with van der Waals surface area (Å²) in [6, 6.07) is 7.56. The fourth-order valence-electron chi connectivity index (χ4n) is 3.36. The highest BCUT2D eigenvalue weighted by atomic mass is 19.4. The lowest BCUT2D eigenvalue weighted by Gasteiger charge is -2.19. The molecule has 1 aromatic heterocycles. The van der Waals surface area contributed by atoms with E-state index in [4.69, 9.17) is 0 Å². The highest BCUT2D eigenvalue weighted by Gasteiger charge is 2.30. The Kier molecular flexibility index (Phi) is 7.13. The number of hydrogen-bond donors (Lipinski definition) is 2. The van der Waals surface area contributed by atoms with E-state index in [0.717, 1.165) is 49.7 Å². The summed E-state index contributed by atoms with van der Waals surface area (Å²) in [5, 5.41) is 10.9. The Balaban J connectivity index is 1.48. The molecular formula is C20H27F3N6. The van der Waals surface area contributed by atoms with Gasteiger partial charge in [-0.05, 0) is 37.1 Å². The van der Waals surface area contributed by atoms with E-state index in [1.807, 2.05) is 23.9 Å². The van der Waals surface area contributed by atoms with Crippen LogP contribution in [0.3, 0.4) is 0 Å². The number of alkyl halides is 3. The van der Waals surface area contributed by atoms with Gasteiger partial charge in [0.1, 0.15) is 0 Å². The van der Waals surface area contributed by atoms with E-state index < -0.39 is 11.7 Å². The first kappa shape index (κ1) is 21.2. The summed E-state index contributed by atoms with van der Waals surface area (Å²) in [5.41, 5.74) is 0.280. The highest BCUT2D eigenvalue weighted by Crippen LogP contribution is 2.29. The second-order valence-electron chi connectivity index (χ2n) is 7.09. The molecule has 0 aliphatic carbocycles. The van der Waals surface area contributed by atoms with Crippen molar-refractivity contribution in [2.45, 2.75) is 38.7 Å². The number of guanidine groups is 1. The topological polar surface area (TPSA) is 57.5 Å². The maximum atomic E-state index is 12.7. The molecule has 1 saturated heterocycles. The number of hydrogen-bond acceptors (Lipinski definition) is 3. The molecule has 2 heterocycles. The summed E-state index contributed by atoms with van der Waals surface area (Å²) in [5.74, 6) is 0.779. The number of nitrogens with one attached hydrogen (secondary N) is 2. The van der Waals surface area contributed by atoms with Crippen LogP contribution in [-0.2, 0) is 19.3 Å². The van der Waals surface area contributed by atoms with Gasteiger partial charge in [0.15, 0.2) is 5.96 Å². The van der Waals surface area contributed by atoms with E-state index in [2.05, 4.69) is 25.6 Å². The van der Waals surface area contributed by atoms with Crippen LogP contribution in [0, 0.1) is 0 Å². The molecule has 9 heteroatoms.